The first kappa shape index (κ1) is 21.1. The van der Waals surface area contributed by atoms with Gasteiger partial charge in [-0.3, -0.25) is 15.2 Å². The van der Waals surface area contributed by atoms with Gasteiger partial charge in [0, 0.05) is 6.07 Å². The van der Waals surface area contributed by atoms with E-state index >= 15 is 0 Å². The summed E-state index contributed by atoms with van der Waals surface area (Å²) in [6, 6.07) is 10.8. The second kappa shape index (κ2) is 9.70. The van der Waals surface area contributed by atoms with Crippen molar-refractivity contribution in [2.75, 3.05) is 13.2 Å². The molecule has 0 unspecified atom stereocenters. The lowest BCUT2D eigenvalue weighted by Gasteiger charge is -2.14. The van der Waals surface area contributed by atoms with E-state index in [0.29, 0.717) is 42.1 Å². The summed E-state index contributed by atoms with van der Waals surface area (Å²) in [5.41, 5.74) is 7.04. The monoisotopic (exact) mass is 413 g/mol. The number of ether oxygens (including phenoxy) is 3. The fourth-order valence-corrected chi connectivity index (χ4v) is 2.76. The van der Waals surface area contributed by atoms with Gasteiger partial charge >= 0.3 is 0 Å². The SMILES string of the molecule is CCOc1ccc([C@@H](N)c2n[nH]c(COc3cccc([N+](=O)[O-])c3)n2)cc1OCC. The third kappa shape index (κ3) is 5.03. The van der Waals surface area contributed by atoms with Gasteiger partial charge in [0.15, 0.2) is 23.1 Å². The molecule has 1 heterocycles. The second-order valence-electron chi connectivity index (χ2n) is 6.23. The van der Waals surface area contributed by atoms with E-state index in [9.17, 15) is 10.1 Å². The number of nitro groups is 1. The molecule has 3 N–H and O–H groups in total. The largest absolute Gasteiger partial charge is 0.490 e. The first-order chi connectivity index (χ1) is 14.5. The van der Waals surface area contributed by atoms with Crippen LogP contribution in [0.4, 0.5) is 5.69 Å². The molecule has 3 aromatic rings. The van der Waals surface area contributed by atoms with Crippen LogP contribution in [0.2, 0.25) is 0 Å². The highest BCUT2D eigenvalue weighted by molar-refractivity contribution is 5.45. The number of nitrogens with zero attached hydrogens (tertiary/aromatic N) is 3. The zero-order chi connectivity index (χ0) is 21.5. The normalized spacial score (nSPS) is 11.7. The van der Waals surface area contributed by atoms with Crippen LogP contribution in [0.5, 0.6) is 17.2 Å². The highest BCUT2D eigenvalue weighted by Gasteiger charge is 2.17. The molecule has 0 fully saturated rings. The van der Waals surface area contributed by atoms with Crippen LogP contribution in [0, 0.1) is 10.1 Å². The van der Waals surface area contributed by atoms with Gasteiger partial charge in [0.05, 0.1) is 30.2 Å². The van der Waals surface area contributed by atoms with Crippen molar-refractivity contribution in [3.05, 3.63) is 69.8 Å². The number of nitrogens with one attached hydrogen (secondary N) is 1. The molecule has 2 aromatic carbocycles. The van der Waals surface area contributed by atoms with E-state index in [1.165, 1.54) is 12.1 Å². The van der Waals surface area contributed by atoms with Gasteiger partial charge in [-0.2, -0.15) is 5.10 Å². The molecule has 10 nitrogen and oxygen atoms in total. The van der Waals surface area contributed by atoms with Crippen LogP contribution in [0.1, 0.15) is 37.1 Å². The lowest BCUT2D eigenvalue weighted by molar-refractivity contribution is -0.384. The maximum atomic E-state index is 10.9. The number of rotatable bonds is 10. The fraction of sp³-hybridized carbons (Fsp3) is 0.300. The first-order valence-corrected chi connectivity index (χ1v) is 9.45. The number of hydrogen-bond donors (Lipinski definition) is 2. The number of nitrogens with two attached hydrogens (primary N) is 1. The second-order valence-corrected chi connectivity index (χ2v) is 6.23. The van der Waals surface area contributed by atoms with Crippen LogP contribution in [-0.2, 0) is 6.61 Å². The van der Waals surface area contributed by atoms with Gasteiger partial charge in [-0.1, -0.05) is 12.1 Å². The summed E-state index contributed by atoms with van der Waals surface area (Å²) in [5.74, 6) is 2.45. The van der Waals surface area contributed by atoms with Crippen LogP contribution in [0.3, 0.4) is 0 Å². The smallest absolute Gasteiger partial charge is 0.273 e. The lowest BCUT2D eigenvalue weighted by Crippen LogP contribution is -2.14. The van der Waals surface area contributed by atoms with Crippen molar-refractivity contribution >= 4 is 5.69 Å². The number of benzene rings is 2. The van der Waals surface area contributed by atoms with E-state index in [4.69, 9.17) is 19.9 Å². The molecule has 10 heteroatoms. The summed E-state index contributed by atoms with van der Waals surface area (Å²) in [4.78, 5) is 14.7. The van der Waals surface area contributed by atoms with Crippen molar-refractivity contribution in [2.24, 2.45) is 5.73 Å². The molecule has 0 saturated carbocycles. The Hall–Kier alpha value is -3.66. The summed E-state index contributed by atoms with van der Waals surface area (Å²) in [7, 11) is 0. The van der Waals surface area contributed by atoms with E-state index in [1.54, 1.807) is 12.1 Å². The van der Waals surface area contributed by atoms with Gasteiger partial charge in [-0.25, -0.2) is 4.98 Å². The number of hydrogen-bond acceptors (Lipinski definition) is 8. The van der Waals surface area contributed by atoms with Crippen molar-refractivity contribution in [3.63, 3.8) is 0 Å². The summed E-state index contributed by atoms with van der Waals surface area (Å²) >= 11 is 0. The molecule has 0 spiro atoms. The van der Waals surface area contributed by atoms with E-state index in [1.807, 2.05) is 32.0 Å². The van der Waals surface area contributed by atoms with Crippen LogP contribution >= 0.6 is 0 Å². The van der Waals surface area contributed by atoms with Gasteiger partial charge < -0.3 is 19.9 Å². The Balaban J connectivity index is 1.70. The number of nitro benzene ring substituents is 1. The maximum Gasteiger partial charge on any atom is 0.273 e. The summed E-state index contributed by atoms with van der Waals surface area (Å²) in [6.45, 7) is 4.89. The van der Waals surface area contributed by atoms with Crippen LogP contribution in [0.15, 0.2) is 42.5 Å². The van der Waals surface area contributed by atoms with E-state index in [2.05, 4.69) is 15.2 Å². The zero-order valence-electron chi connectivity index (χ0n) is 16.7. The average Bonchev–Trinajstić information content (AvgIpc) is 3.22. The highest BCUT2D eigenvalue weighted by atomic mass is 16.6. The minimum Gasteiger partial charge on any atom is -0.490 e. The average molecular weight is 413 g/mol. The van der Waals surface area contributed by atoms with Crippen LogP contribution in [0.25, 0.3) is 0 Å². The van der Waals surface area contributed by atoms with Crippen LogP contribution < -0.4 is 19.9 Å². The molecule has 0 saturated heterocycles. The van der Waals surface area contributed by atoms with Gasteiger partial charge in [-0.15, -0.1) is 0 Å². The quantitative estimate of drug-likeness (QED) is 0.382. The van der Waals surface area contributed by atoms with Gasteiger partial charge in [0.25, 0.3) is 5.69 Å². The predicted molar refractivity (Wildman–Crippen MR) is 109 cm³/mol. The van der Waals surface area contributed by atoms with E-state index in [-0.39, 0.29) is 12.3 Å². The Morgan fingerprint density at radius 1 is 1.10 bits per heavy atom. The van der Waals surface area contributed by atoms with Gasteiger partial charge in [-0.05, 0) is 37.6 Å². The van der Waals surface area contributed by atoms with Gasteiger partial charge in [0.1, 0.15) is 12.4 Å². The van der Waals surface area contributed by atoms with Crippen molar-refractivity contribution in [1.29, 1.82) is 0 Å². The van der Waals surface area contributed by atoms with E-state index < -0.39 is 11.0 Å². The fourth-order valence-electron chi connectivity index (χ4n) is 2.76. The molecule has 30 heavy (non-hydrogen) atoms. The molecule has 0 amide bonds. The Bertz CT molecular complexity index is 1010. The Morgan fingerprint density at radius 2 is 1.87 bits per heavy atom. The molecule has 1 atom stereocenters. The summed E-state index contributed by atoms with van der Waals surface area (Å²) in [6.07, 6.45) is 0. The Kier molecular flexibility index (Phi) is 6.81. The molecule has 0 aliphatic heterocycles. The molecular weight excluding hydrogens is 390 g/mol. The third-order valence-electron chi connectivity index (χ3n) is 4.16. The predicted octanol–water partition coefficient (Wildman–Crippen LogP) is 3.14. The van der Waals surface area contributed by atoms with Crippen molar-refractivity contribution < 1.29 is 19.1 Å². The minimum atomic E-state index is -0.581. The van der Waals surface area contributed by atoms with Gasteiger partial charge in [0.2, 0.25) is 0 Å². The highest BCUT2D eigenvalue weighted by Crippen LogP contribution is 2.31. The molecule has 0 radical (unpaired) electrons. The zero-order valence-corrected chi connectivity index (χ0v) is 16.7. The molecule has 0 aliphatic rings. The molecule has 158 valence electrons. The summed E-state index contributed by atoms with van der Waals surface area (Å²) in [5, 5.41) is 17.8. The Morgan fingerprint density at radius 3 is 2.60 bits per heavy atom. The molecule has 0 aliphatic carbocycles. The number of H-pyrrole nitrogens is 1. The standard InChI is InChI=1S/C20H23N5O5/c1-3-28-16-9-8-13(10-17(16)29-4-2)19(21)20-22-18(23-24-20)12-30-15-7-5-6-14(11-15)25(26)27/h5-11,19H,3-4,12,21H2,1-2H3,(H,22,23,24)/t19-/m1/s1. The summed E-state index contributed by atoms with van der Waals surface area (Å²) < 4.78 is 16.8. The molecule has 3 rings (SSSR count). The molecule has 1 aromatic heterocycles. The number of aromatic amines is 1. The number of non-ortho nitro benzene ring substituents is 1. The molecule has 0 bridgehead atoms. The number of aromatic nitrogens is 3. The maximum absolute atomic E-state index is 10.9. The topological polar surface area (TPSA) is 138 Å². The third-order valence-corrected chi connectivity index (χ3v) is 4.16. The first-order valence-electron chi connectivity index (χ1n) is 9.45. The van der Waals surface area contributed by atoms with E-state index in [0.717, 1.165) is 5.56 Å². The van der Waals surface area contributed by atoms with Crippen molar-refractivity contribution in [1.82, 2.24) is 15.2 Å². The van der Waals surface area contributed by atoms with Crippen molar-refractivity contribution in [3.8, 4) is 17.2 Å². The lowest BCUT2D eigenvalue weighted by atomic mass is 10.1. The van der Waals surface area contributed by atoms with Crippen LogP contribution in [-0.4, -0.2) is 33.3 Å². The molecular formula is C20H23N5O5. The van der Waals surface area contributed by atoms with Crippen molar-refractivity contribution in [2.45, 2.75) is 26.5 Å². The Labute approximate surface area is 173 Å². The minimum absolute atomic E-state index is 0.0478.